The van der Waals surface area contributed by atoms with Gasteiger partial charge in [-0.1, -0.05) is 17.7 Å². The molecule has 0 saturated heterocycles. The summed E-state index contributed by atoms with van der Waals surface area (Å²) in [5, 5.41) is 8.97. The number of hydrogen-bond donors (Lipinski definition) is 0. The Kier molecular flexibility index (Phi) is 2.43. The fourth-order valence-electron chi connectivity index (χ4n) is 1.71. The third-order valence-corrected chi connectivity index (χ3v) is 3.10. The molecule has 0 atom stereocenters. The van der Waals surface area contributed by atoms with Crippen LogP contribution in [0, 0.1) is 23.7 Å². The Morgan fingerprint density at radius 1 is 1.38 bits per heavy atom. The molecular formula is C13H14N2O. The number of anilines is 1. The van der Waals surface area contributed by atoms with Gasteiger partial charge >= 0.3 is 0 Å². The van der Waals surface area contributed by atoms with E-state index in [1.54, 1.807) is 11.9 Å². The number of amides is 1. The Labute approximate surface area is 95.3 Å². The standard InChI is InChI=1S/C13H14N2O/c1-10-3-5-11(6-4-10)15(2)12(16)13(9-14)7-8-13/h3-6H,7-8H2,1-2H3. The largest absolute Gasteiger partial charge is 0.314 e. The van der Waals surface area contributed by atoms with Crippen LogP contribution >= 0.6 is 0 Å². The van der Waals surface area contributed by atoms with Crippen molar-refractivity contribution >= 4 is 11.6 Å². The van der Waals surface area contributed by atoms with Crippen molar-refractivity contribution in [2.75, 3.05) is 11.9 Å². The normalized spacial score (nSPS) is 16.3. The van der Waals surface area contributed by atoms with E-state index >= 15 is 0 Å². The molecule has 1 aliphatic rings. The quantitative estimate of drug-likeness (QED) is 0.758. The molecule has 3 heteroatoms. The fraction of sp³-hybridized carbons (Fsp3) is 0.385. The summed E-state index contributed by atoms with van der Waals surface area (Å²) in [6.07, 6.45) is 1.39. The molecule has 82 valence electrons. The van der Waals surface area contributed by atoms with E-state index in [4.69, 9.17) is 5.26 Å². The van der Waals surface area contributed by atoms with Crippen molar-refractivity contribution in [3.8, 4) is 6.07 Å². The Bertz CT molecular complexity index is 452. The van der Waals surface area contributed by atoms with Crippen molar-refractivity contribution in [1.29, 1.82) is 5.26 Å². The van der Waals surface area contributed by atoms with Gasteiger partial charge in [0.1, 0.15) is 5.41 Å². The van der Waals surface area contributed by atoms with Crippen LogP contribution in [0.5, 0.6) is 0 Å². The lowest BCUT2D eigenvalue weighted by Crippen LogP contribution is -2.33. The highest BCUT2D eigenvalue weighted by atomic mass is 16.2. The number of carbonyl (C=O) groups excluding carboxylic acids is 1. The van der Waals surface area contributed by atoms with Crippen LogP contribution in [0.4, 0.5) is 5.69 Å². The highest BCUT2D eigenvalue weighted by molar-refractivity contribution is 6.00. The monoisotopic (exact) mass is 214 g/mol. The summed E-state index contributed by atoms with van der Waals surface area (Å²) >= 11 is 0. The number of hydrogen-bond acceptors (Lipinski definition) is 2. The topological polar surface area (TPSA) is 44.1 Å². The first-order valence-electron chi connectivity index (χ1n) is 5.35. The van der Waals surface area contributed by atoms with Crippen LogP contribution in [0.3, 0.4) is 0 Å². The molecular weight excluding hydrogens is 200 g/mol. The number of aryl methyl sites for hydroxylation is 1. The van der Waals surface area contributed by atoms with Crippen molar-refractivity contribution in [3.05, 3.63) is 29.8 Å². The second-order valence-electron chi connectivity index (χ2n) is 4.39. The molecule has 0 radical (unpaired) electrons. The Balaban J connectivity index is 2.20. The minimum Gasteiger partial charge on any atom is -0.314 e. The first kappa shape index (κ1) is 10.7. The predicted octanol–water partition coefficient (Wildman–Crippen LogP) is 2.26. The van der Waals surface area contributed by atoms with Crippen LogP contribution in [-0.4, -0.2) is 13.0 Å². The zero-order valence-electron chi connectivity index (χ0n) is 9.53. The van der Waals surface area contributed by atoms with Crippen LogP contribution in [0.25, 0.3) is 0 Å². The van der Waals surface area contributed by atoms with Gasteiger partial charge in [0.15, 0.2) is 0 Å². The molecule has 0 N–H and O–H groups in total. The van der Waals surface area contributed by atoms with Gasteiger partial charge in [0.2, 0.25) is 5.91 Å². The van der Waals surface area contributed by atoms with Crippen LogP contribution in [-0.2, 0) is 4.79 Å². The van der Waals surface area contributed by atoms with E-state index in [0.717, 1.165) is 11.3 Å². The van der Waals surface area contributed by atoms with Crippen LogP contribution in [0.1, 0.15) is 18.4 Å². The molecule has 1 saturated carbocycles. The van der Waals surface area contributed by atoms with Crippen LogP contribution in [0.2, 0.25) is 0 Å². The van der Waals surface area contributed by atoms with Gasteiger partial charge < -0.3 is 4.90 Å². The van der Waals surface area contributed by atoms with E-state index in [1.165, 1.54) is 0 Å². The van der Waals surface area contributed by atoms with Crippen molar-refractivity contribution in [1.82, 2.24) is 0 Å². The maximum absolute atomic E-state index is 12.0. The van der Waals surface area contributed by atoms with Gasteiger partial charge in [-0.3, -0.25) is 4.79 Å². The lowest BCUT2D eigenvalue weighted by Gasteiger charge is -2.19. The lowest BCUT2D eigenvalue weighted by atomic mass is 10.1. The van der Waals surface area contributed by atoms with Gasteiger partial charge in [0.25, 0.3) is 0 Å². The summed E-state index contributed by atoms with van der Waals surface area (Å²) in [5.41, 5.74) is 1.27. The zero-order valence-corrected chi connectivity index (χ0v) is 9.53. The number of nitrogens with zero attached hydrogens (tertiary/aromatic N) is 2. The molecule has 0 heterocycles. The Hall–Kier alpha value is -1.82. The highest BCUT2D eigenvalue weighted by Gasteiger charge is 2.52. The maximum Gasteiger partial charge on any atom is 0.247 e. The Morgan fingerprint density at radius 2 is 1.94 bits per heavy atom. The molecule has 0 aliphatic heterocycles. The molecule has 2 rings (SSSR count). The van der Waals surface area contributed by atoms with Gasteiger partial charge in [-0.05, 0) is 31.9 Å². The average Bonchev–Trinajstić information content (AvgIpc) is 3.09. The van der Waals surface area contributed by atoms with E-state index < -0.39 is 5.41 Å². The van der Waals surface area contributed by atoms with Crippen LogP contribution in [0.15, 0.2) is 24.3 Å². The molecule has 3 nitrogen and oxygen atoms in total. The maximum atomic E-state index is 12.0. The molecule has 1 fully saturated rings. The first-order valence-corrected chi connectivity index (χ1v) is 5.35. The smallest absolute Gasteiger partial charge is 0.247 e. The Morgan fingerprint density at radius 3 is 2.38 bits per heavy atom. The van der Waals surface area contributed by atoms with E-state index in [2.05, 4.69) is 6.07 Å². The molecule has 16 heavy (non-hydrogen) atoms. The molecule has 0 spiro atoms. The van der Waals surface area contributed by atoms with Crippen molar-refractivity contribution in [2.45, 2.75) is 19.8 Å². The number of benzene rings is 1. The summed E-state index contributed by atoms with van der Waals surface area (Å²) < 4.78 is 0. The van der Waals surface area contributed by atoms with Crippen LogP contribution < -0.4 is 4.90 Å². The molecule has 1 aromatic rings. The molecule has 0 bridgehead atoms. The average molecular weight is 214 g/mol. The van der Waals surface area contributed by atoms with E-state index in [0.29, 0.717) is 12.8 Å². The summed E-state index contributed by atoms with van der Waals surface area (Å²) in [6, 6.07) is 9.86. The van der Waals surface area contributed by atoms with Gasteiger partial charge in [0, 0.05) is 12.7 Å². The number of carbonyl (C=O) groups is 1. The van der Waals surface area contributed by atoms with E-state index in [-0.39, 0.29) is 5.91 Å². The minimum atomic E-state index is -0.736. The van der Waals surface area contributed by atoms with Gasteiger partial charge in [0.05, 0.1) is 6.07 Å². The second kappa shape index (κ2) is 3.64. The molecule has 1 aromatic carbocycles. The summed E-state index contributed by atoms with van der Waals surface area (Å²) in [6.45, 7) is 2.00. The molecule has 1 amide bonds. The SMILES string of the molecule is Cc1ccc(N(C)C(=O)C2(C#N)CC2)cc1. The van der Waals surface area contributed by atoms with Gasteiger partial charge in [-0.15, -0.1) is 0 Å². The van der Waals surface area contributed by atoms with E-state index in [9.17, 15) is 4.79 Å². The first-order chi connectivity index (χ1) is 7.59. The third kappa shape index (κ3) is 1.67. The molecule has 0 unspecified atom stereocenters. The third-order valence-electron chi connectivity index (χ3n) is 3.10. The highest BCUT2D eigenvalue weighted by Crippen LogP contribution is 2.46. The fourth-order valence-corrected chi connectivity index (χ4v) is 1.71. The minimum absolute atomic E-state index is 0.0844. The number of rotatable bonds is 2. The van der Waals surface area contributed by atoms with Crippen molar-refractivity contribution in [2.24, 2.45) is 5.41 Å². The van der Waals surface area contributed by atoms with Crippen molar-refractivity contribution in [3.63, 3.8) is 0 Å². The van der Waals surface area contributed by atoms with E-state index in [1.807, 2.05) is 31.2 Å². The summed E-state index contributed by atoms with van der Waals surface area (Å²) in [4.78, 5) is 13.6. The summed E-state index contributed by atoms with van der Waals surface area (Å²) in [5.74, 6) is -0.0844. The summed E-state index contributed by atoms with van der Waals surface area (Å²) in [7, 11) is 1.73. The zero-order chi connectivity index (χ0) is 11.8. The predicted molar refractivity (Wildman–Crippen MR) is 61.9 cm³/mol. The molecule has 0 aromatic heterocycles. The van der Waals surface area contributed by atoms with Crippen molar-refractivity contribution < 1.29 is 4.79 Å². The number of nitriles is 1. The van der Waals surface area contributed by atoms with Gasteiger partial charge in [-0.2, -0.15) is 5.26 Å². The van der Waals surface area contributed by atoms with Gasteiger partial charge in [-0.25, -0.2) is 0 Å². The molecule has 1 aliphatic carbocycles. The lowest BCUT2D eigenvalue weighted by molar-refractivity contribution is -0.121. The second-order valence-corrected chi connectivity index (χ2v) is 4.39.